The quantitative estimate of drug-likeness (QED) is 0.423. The number of anilines is 3. The molecule has 146 valence electrons. The first-order chi connectivity index (χ1) is 13.0. The summed E-state index contributed by atoms with van der Waals surface area (Å²) < 4.78 is 5.23. The van der Waals surface area contributed by atoms with Crippen LogP contribution in [0.25, 0.3) is 0 Å². The summed E-state index contributed by atoms with van der Waals surface area (Å²) in [5, 5.41) is 5.18. The Hall–Kier alpha value is -2.80. The molecule has 1 aromatic carbocycles. The first kappa shape index (κ1) is 20.5. The summed E-state index contributed by atoms with van der Waals surface area (Å²) in [6.07, 6.45) is 1.82. The molecule has 2 rings (SSSR count). The number of aliphatic imine (C=N–C) groups is 1. The van der Waals surface area contributed by atoms with E-state index in [-0.39, 0.29) is 0 Å². The Bertz CT molecular complexity index is 719. The maximum Gasteiger partial charge on any atom is 0.214 e. The third-order valence-electron chi connectivity index (χ3n) is 4.10. The van der Waals surface area contributed by atoms with E-state index in [0.717, 1.165) is 23.7 Å². The first-order valence-electron chi connectivity index (χ1n) is 9.06. The summed E-state index contributed by atoms with van der Waals surface area (Å²) in [5.41, 5.74) is 5.23. The van der Waals surface area contributed by atoms with Gasteiger partial charge in [-0.05, 0) is 32.0 Å². The van der Waals surface area contributed by atoms with Crippen LogP contribution in [0.4, 0.5) is 17.2 Å². The van der Waals surface area contributed by atoms with Gasteiger partial charge in [-0.1, -0.05) is 18.2 Å². The van der Waals surface area contributed by atoms with E-state index in [2.05, 4.69) is 45.5 Å². The molecule has 0 unspecified atom stereocenters. The standard InChI is InChI=1S/C20H30N6O/c1-16(2)26(13-14-27-5)19-15-18(11-12-22-19)25(4)24-20(21-3)23-17-9-7-6-8-10-17/h6-12,15-16H,13-14H2,1-5H3,(H2,21,23,24). The fourth-order valence-electron chi connectivity index (χ4n) is 2.62. The van der Waals surface area contributed by atoms with Crippen molar-refractivity contribution >= 4 is 23.2 Å². The van der Waals surface area contributed by atoms with Crippen LogP contribution in [0.3, 0.4) is 0 Å². The molecule has 0 saturated carbocycles. The van der Waals surface area contributed by atoms with Crippen molar-refractivity contribution in [1.29, 1.82) is 0 Å². The minimum Gasteiger partial charge on any atom is -0.383 e. The number of ether oxygens (including phenoxy) is 1. The topological polar surface area (TPSA) is 65.0 Å². The number of para-hydroxylation sites is 1. The molecule has 1 heterocycles. The van der Waals surface area contributed by atoms with Crippen molar-refractivity contribution in [2.75, 3.05) is 49.6 Å². The highest BCUT2D eigenvalue weighted by Crippen LogP contribution is 2.20. The number of aromatic nitrogens is 1. The number of nitrogens with zero attached hydrogens (tertiary/aromatic N) is 4. The Labute approximate surface area is 162 Å². The van der Waals surface area contributed by atoms with Crippen molar-refractivity contribution in [2.45, 2.75) is 19.9 Å². The summed E-state index contributed by atoms with van der Waals surface area (Å²) >= 11 is 0. The normalized spacial score (nSPS) is 11.4. The zero-order valence-electron chi connectivity index (χ0n) is 16.8. The van der Waals surface area contributed by atoms with Crippen molar-refractivity contribution in [1.82, 2.24) is 10.4 Å². The molecule has 0 fully saturated rings. The molecule has 0 aliphatic carbocycles. The predicted octanol–water partition coefficient (Wildman–Crippen LogP) is 2.98. The van der Waals surface area contributed by atoms with Crippen molar-refractivity contribution in [3.05, 3.63) is 48.7 Å². The molecule has 0 bridgehead atoms. The van der Waals surface area contributed by atoms with Gasteiger partial charge in [-0.25, -0.2) is 4.98 Å². The Kier molecular flexibility index (Phi) is 7.88. The van der Waals surface area contributed by atoms with Gasteiger partial charge in [-0.15, -0.1) is 0 Å². The lowest BCUT2D eigenvalue weighted by atomic mass is 10.3. The molecule has 0 aliphatic rings. The maximum absolute atomic E-state index is 5.23. The zero-order chi connectivity index (χ0) is 19.6. The number of methoxy groups -OCH3 is 1. The average molecular weight is 371 g/mol. The molecule has 0 aliphatic heterocycles. The maximum atomic E-state index is 5.23. The highest BCUT2D eigenvalue weighted by Gasteiger charge is 2.13. The van der Waals surface area contributed by atoms with Crippen LogP contribution >= 0.6 is 0 Å². The number of nitrogens with one attached hydrogen (secondary N) is 2. The summed E-state index contributed by atoms with van der Waals surface area (Å²) in [4.78, 5) is 11.0. The highest BCUT2D eigenvalue weighted by atomic mass is 16.5. The molecule has 0 radical (unpaired) electrons. The van der Waals surface area contributed by atoms with Gasteiger partial charge >= 0.3 is 0 Å². The second-order valence-electron chi connectivity index (χ2n) is 6.39. The Morgan fingerprint density at radius 1 is 1.22 bits per heavy atom. The second-order valence-corrected chi connectivity index (χ2v) is 6.39. The number of hydrazine groups is 1. The lowest BCUT2D eigenvalue weighted by Gasteiger charge is -2.29. The average Bonchev–Trinajstić information content (AvgIpc) is 2.68. The van der Waals surface area contributed by atoms with E-state index < -0.39 is 0 Å². The monoisotopic (exact) mass is 370 g/mol. The molecular formula is C20H30N6O. The van der Waals surface area contributed by atoms with Gasteiger partial charge in [0.05, 0.1) is 12.3 Å². The summed E-state index contributed by atoms with van der Waals surface area (Å²) in [6.45, 7) is 5.75. The van der Waals surface area contributed by atoms with Crippen LogP contribution in [0.1, 0.15) is 13.8 Å². The van der Waals surface area contributed by atoms with Gasteiger partial charge in [-0.2, -0.15) is 0 Å². The molecular weight excluding hydrogens is 340 g/mol. The van der Waals surface area contributed by atoms with Gasteiger partial charge in [0.15, 0.2) is 0 Å². The molecule has 0 amide bonds. The number of pyridine rings is 1. The molecule has 7 heteroatoms. The minimum absolute atomic E-state index is 0.327. The first-order valence-corrected chi connectivity index (χ1v) is 9.06. The molecule has 0 spiro atoms. The fourth-order valence-corrected chi connectivity index (χ4v) is 2.62. The smallest absolute Gasteiger partial charge is 0.214 e. The van der Waals surface area contributed by atoms with Gasteiger partial charge < -0.3 is 15.0 Å². The van der Waals surface area contributed by atoms with E-state index in [1.807, 2.05) is 54.7 Å². The molecule has 0 atom stereocenters. The second kappa shape index (κ2) is 10.4. The van der Waals surface area contributed by atoms with Gasteiger partial charge in [-0.3, -0.25) is 15.4 Å². The molecule has 2 N–H and O–H groups in total. The molecule has 2 aromatic rings. The van der Waals surface area contributed by atoms with E-state index in [4.69, 9.17) is 4.74 Å². The van der Waals surface area contributed by atoms with Crippen molar-refractivity contribution < 1.29 is 4.74 Å². The van der Waals surface area contributed by atoms with Crippen LogP contribution in [-0.4, -0.2) is 51.3 Å². The number of guanidine groups is 1. The number of rotatable bonds is 8. The SMILES string of the molecule is CN=C(Nc1ccccc1)NN(C)c1ccnc(N(CCOC)C(C)C)c1. The van der Waals surface area contributed by atoms with E-state index in [1.54, 1.807) is 14.2 Å². The Morgan fingerprint density at radius 2 is 1.96 bits per heavy atom. The predicted molar refractivity (Wildman–Crippen MR) is 114 cm³/mol. The highest BCUT2D eigenvalue weighted by molar-refractivity contribution is 5.94. The summed E-state index contributed by atoms with van der Waals surface area (Å²) in [5.74, 6) is 1.57. The molecule has 7 nitrogen and oxygen atoms in total. The van der Waals surface area contributed by atoms with Crippen LogP contribution in [0.5, 0.6) is 0 Å². The number of hydrogen-bond donors (Lipinski definition) is 2. The number of benzene rings is 1. The van der Waals surface area contributed by atoms with Crippen LogP contribution in [-0.2, 0) is 4.74 Å². The molecule has 27 heavy (non-hydrogen) atoms. The zero-order valence-corrected chi connectivity index (χ0v) is 16.8. The van der Waals surface area contributed by atoms with Crippen LogP contribution in [0.15, 0.2) is 53.7 Å². The van der Waals surface area contributed by atoms with Gasteiger partial charge in [0, 0.05) is 51.7 Å². The van der Waals surface area contributed by atoms with Gasteiger partial charge in [0.25, 0.3) is 0 Å². The number of hydrogen-bond acceptors (Lipinski definition) is 5. The van der Waals surface area contributed by atoms with Crippen molar-refractivity contribution in [2.24, 2.45) is 4.99 Å². The van der Waals surface area contributed by atoms with E-state index >= 15 is 0 Å². The summed E-state index contributed by atoms with van der Waals surface area (Å²) in [7, 11) is 5.41. The van der Waals surface area contributed by atoms with Gasteiger partial charge in [0.2, 0.25) is 5.96 Å². The lowest BCUT2D eigenvalue weighted by Crippen LogP contribution is -2.43. The third kappa shape index (κ3) is 6.14. The van der Waals surface area contributed by atoms with Crippen molar-refractivity contribution in [3.63, 3.8) is 0 Å². The molecule has 0 saturated heterocycles. The van der Waals surface area contributed by atoms with Crippen LogP contribution < -0.4 is 20.7 Å². The Morgan fingerprint density at radius 3 is 2.59 bits per heavy atom. The van der Waals surface area contributed by atoms with Crippen LogP contribution in [0, 0.1) is 0 Å². The fraction of sp³-hybridized carbons (Fsp3) is 0.400. The van der Waals surface area contributed by atoms with Gasteiger partial charge in [0.1, 0.15) is 5.82 Å². The minimum atomic E-state index is 0.327. The van der Waals surface area contributed by atoms with E-state index in [9.17, 15) is 0 Å². The largest absolute Gasteiger partial charge is 0.383 e. The molecule has 1 aromatic heterocycles. The van der Waals surface area contributed by atoms with E-state index in [1.165, 1.54) is 0 Å². The van der Waals surface area contributed by atoms with Crippen LogP contribution in [0.2, 0.25) is 0 Å². The van der Waals surface area contributed by atoms with E-state index in [0.29, 0.717) is 18.6 Å². The Balaban J connectivity index is 2.10. The summed E-state index contributed by atoms with van der Waals surface area (Å²) in [6, 6.07) is 14.3. The van der Waals surface area contributed by atoms with Crippen molar-refractivity contribution in [3.8, 4) is 0 Å². The lowest BCUT2D eigenvalue weighted by molar-refractivity contribution is 0.203. The third-order valence-corrected chi connectivity index (χ3v) is 4.10.